The van der Waals surface area contributed by atoms with Crippen molar-refractivity contribution in [3.8, 4) is 5.75 Å². The molecule has 0 amide bonds. The van der Waals surface area contributed by atoms with Crippen molar-refractivity contribution in [2.75, 3.05) is 12.3 Å². The van der Waals surface area contributed by atoms with Gasteiger partial charge in [-0.2, -0.15) is 0 Å². The Bertz CT molecular complexity index is 731. The molecule has 106 valence electrons. The summed E-state index contributed by atoms with van der Waals surface area (Å²) in [5.74, 6) is 0.562. The number of rotatable bonds is 4. The lowest BCUT2D eigenvalue weighted by atomic mass is 10.2. The number of anilines is 1. The fourth-order valence-electron chi connectivity index (χ4n) is 1.81. The summed E-state index contributed by atoms with van der Waals surface area (Å²) in [6.07, 6.45) is 0. The molecule has 0 aliphatic carbocycles. The highest BCUT2D eigenvalue weighted by molar-refractivity contribution is 5.51. The van der Waals surface area contributed by atoms with E-state index in [4.69, 9.17) is 10.5 Å². The summed E-state index contributed by atoms with van der Waals surface area (Å²) in [6, 6.07) is 7.11. The fraction of sp³-hybridized carbons (Fsp3) is 0.286. The summed E-state index contributed by atoms with van der Waals surface area (Å²) < 4.78 is 6.75. The molecule has 0 fully saturated rings. The molecule has 0 aliphatic rings. The Balaban J connectivity index is 2.11. The average Bonchev–Trinajstić information content (AvgIpc) is 2.44. The molecule has 1 aromatic heterocycles. The van der Waals surface area contributed by atoms with Gasteiger partial charge in [-0.3, -0.25) is 14.7 Å². The highest BCUT2D eigenvalue weighted by Crippen LogP contribution is 2.19. The van der Waals surface area contributed by atoms with Crippen molar-refractivity contribution < 1.29 is 4.74 Å². The smallest absolute Gasteiger partial charge is 0.268 e. The van der Waals surface area contributed by atoms with E-state index in [-0.39, 0.29) is 24.3 Å². The molecule has 0 radical (unpaired) electrons. The van der Waals surface area contributed by atoms with E-state index in [1.807, 2.05) is 12.1 Å². The molecular formula is C14H17N3O3. The van der Waals surface area contributed by atoms with Gasteiger partial charge in [0.05, 0.1) is 12.2 Å². The molecule has 0 unspecified atom stereocenters. The molecule has 2 aromatic rings. The maximum absolute atomic E-state index is 12.0. The van der Waals surface area contributed by atoms with Gasteiger partial charge < -0.3 is 10.5 Å². The summed E-state index contributed by atoms with van der Waals surface area (Å²) >= 11 is 0. The molecule has 1 aromatic carbocycles. The summed E-state index contributed by atoms with van der Waals surface area (Å²) in [7, 11) is 0. The number of aromatic amines is 1. The molecule has 0 spiro atoms. The summed E-state index contributed by atoms with van der Waals surface area (Å²) in [5.41, 5.74) is 6.70. The first-order chi connectivity index (χ1) is 9.50. The second-order valence-corrected chi connectivity index (χ2v) is 4.53. The van der Waals surface area contributed by atoms with E-state index in [0.29, 0.717) is 22.6 Å². The van der Waals surface area contributed by atoms with Gasteiger partial charge in [0.1, 0.15) is 12.4 Å². The maximum Gasteiger partial charge on any atom is 0.268 e. The van der Waals surface area contributed by atoms with Crippen LogP contribution in [-0.4, -0.2) is 16.4 Å². The number of nitrogen functional groups attached to an aromatic ring is 1. The predicted octanol–water partition coefficient (Wildman–Crippen LogP) is 0.815. The molecule has 6 heteroatoms. The SMILES string of the molecule is Cc1c(C)c(=O)n(CCOc2ccccc2N)[nH]c1=O. The zero-order valence-electron chi connectivity index (χ0n) is 11.5. The Kier molecular flexibility index (Phi) is 3.93. The van der Waals surface area contributed by atoms with Gasteiger partial charge in [0.15, 0.2) is 0 Å². The van der Waals surface area contributed by atoms with E-state index < -0.39 is 0 Å². The summed E-state index contributed by atoms with van der Waals surface area (Å²) in [4.78, 5) is 23.6. The Morgan fingerprint density at radius 2 is 1.90 bits per heavy atom. The minimum Gasteiger partial charge on any atom is -0.489 e. The fourth-order valence-corrected chi connectivity index (χ4v) is 1.81. The van der Waals surface area contributed by atoms with Crippen molar-refractivity contribution in [2.45, 2.75) is 20.4 Å². The van der Waals surface area contributed by atoms with Crippen LogP contribution in [0.1, 0.15) is 11.1 Å². The van der Waals surface area contributed by atoms with Gasteiger partial charge in [-0.15, -0.1) is 0 Å². The second-order valence-electron chi connectivity index (χ2n) is 4.53. The highest BCUT2D eigenvalue weighted by atomic mass is 16.5. The van der Waals surface area contributed by atoms with Gasteiger partial charge in [0.25, 0.3) is 11.1 Å². The molecule has 0 saturated heterocycles. The molecule has 0 aliphatic heterocycles. The largest absolute Gasteiger partial charge is 0.489 e. The van der Waals surface area contributed by atoms with E-state index in [1.165, 1.54) is 4.68 Å². The van der Waals surface area contributed by atoms with E-state index in [0.717, 1.165) is 0 Å². The second kappa shape index (κ2) is 5.64. The zero-order valence-corrected chi connectivity index (χ0v) is 11.5. The zero-order chi connectivity index (χ0) is 14.7. The topological polar surface area (TPSA) is 90.1 Å². The van der Waals surface area contributed by atoms with Crippen LogP contribution in [0.3, 0.4) is 0 Å². The third-order valence-corrected chi connectivity index (χ3v) is 3.20. The normalized spacial score (nSPS) is 10.5. The van der Waals surface area contributed by atoms with Gasteiger partial charge >= 0.3 is 0 Å². The number of benzene rings is 1. The number of aromatic nitrogens is 2. The van der Waals surface area contributed by atoms with E-state index >= 15 is 0 Å². The van der Waals surface area contributed by atoms with Crippen LogP contribution in [0.25, 0.3) is 0 Å². The minimum atomic E-state index is -0.263. The first kappa shape index (κ1) is 13.9. The molecule has 6 nitrogen and oxygen atoms in total. The number of hydrogen-bond donors (Lipinski definition) is 2. The molecule has 0 saturated carbocycles. The highest BCUT2D eigenvalue weighted by Gasteiger charge is 2.07. The molecular weight excluding hydrogens is 258 g/mol. The van der Waals surface area contributed by atoms with Gasteiger partial charge in [0.2, 0.25) is 0 Å². The lowest BCUT2D eigenvalue weighted by Gasteiger charge is -2.10. The van der Waals surface area contributed by atoms with Crippen molar-refractivity contribution >= 4 is 5.69 Å². The third-order valence-electron chi connectivity index (χ3n) is 3.20. The number of nitrogens with two attached hydrogens (primary N) is 1. The van der Waals surface area contributed by atoms with Crippen molar-refractivity contribution in [1.29, 1.82) is 0 Å². The Morgan fingerprint density at radius 1 is 1.20 bits per heavy atom. The first-order valence-corrected chi connectivity index (χ1v) is 6.28. The number of para-hydroxylation sites is 2. The quantitative estimate of drug-likeness (QED) is 0.808. The standard InChI is InChI=1S/C14H17N3O3/c1-9-10(2)14(19)17(16-13(9)18)7-8-20-12-6-4-3-5-11(12)15/h3-6H,7-8,15H2,1-2H3,(H,16,18). The maximum atomic E-state index is 12.0. The van der Waals surface area contributed by atoms with E-state index in [1.54, 1.807) is 26.0 Å². The van der Waals surface area contributed by atoms with Crippen molar-refractivity contribution in [1.82, 2.24) is 9.78 Å². The summed E-state index contributed by atoms with van der Waals surface area (Å²) in [5, 5.41) is 2.52. The first-order valence-electron chi connectivity index (χ1n) is 6.28. The van der Waals surface area contributed by atoms with Crippen LogP contribution in [0.2, 0.25) is 0 Å². The van der Waals surface area contributed by atoms with Crippen molar-refractivity contribution in [3.63, 3.8) is 0 Å². The lowest BCUT2D eigenvalue weighted by Crippen LogP contribution is -2.34. The minimum absolute atomic E-state index is 0.216. The van der Waals surface area contributed by atoms with Crippen LogP contribution < -0.4 is 21.6 Å². The Labute approximate surface area is 115 Å². The van der Waals surface area contributed by atoms with Gasteiger partial charge in [0, 0.05) is 11.1 Å². The molecule has 0 atom stereocenters. The average molecular weight is 275 g/mol. The van der Waals surface area contributed by atoms with Crippen LogP contribution in [0.4, 0.5) is 5.69 Å². The number of H-pyrrole nitrogens is 1. The molecule has 3 N–H and O–H groups in total. The number of nitrogens with zero attached hydrogens (tertiary/aromatic N) is 1. The summed E-state index contributed by atoms with van der Waals surface area (Å²) in [6.45, 7) is 3.76. The van der Waals surface area contributed by atoms with E-state index in [9.17, 15) is 9.59 Å². The number of hydrogen-bond acceptors (Lipinski definition) is 4. The Hall–Kier alpha value is -2.50. The number of ether oxygens (including phenoxy) is 1. The van der Waals surface area contributed by atoms with E-state index in [2.05, 4.69) is 5.10 Å². The van der Waals surface area contributed by atoms with Crippen LogP contribution in [0.5, 0.6) is 5.75 Å². The monoisotopic (exact) mass is 275 g/mol. The van der Waals surface area contributed by atoms with Gasteiger partial charge in [-0.05, 0) is 26.0 Å². The van der Waals surface area contributed by atoms with Gasteiger partial charge in [-0.25, -0.2) is 4.68 Å². The van der Waals surface area contributed by atoms with Gasteiger partial charge in [-0.1, -0.05) is 12.1 Å². The molecule has 2 rings (SSSR count). The van der Waals surface area contributed by atoms with Crippen LogP contribution in [0, 0.1) is 13.8 Å². The van der Waals surface area contributed by atoms with Crippen molar-refractivity contribution in [3.05, 3.63) is 56.1 Å². The van der Waals surface area contributed by atoms with Crippen LogP contribution >= 0.6 is 0 Å². The predicted molar refractivity (Wildman–Crippen MR) is 77.1 cm³/mol. The molecule has 20 heavy (non-hydrogen) atoms. The molecule has 0 bridgehead atoms. The Morgan fingerprint density at radius 3 is 2.60 bits per heavy atom. The van der Waals surface area contributed by atoms with Crippen molar-refractivity contribution in [2.24, 2.45) is 0 Å². The lowest BCUT2D eigenvalue weighted by molar-refractivity contribution is 0.288. The van der Waals surface area contributed by atoms with Crippen LogP contribution in [0.15, 0.2) is 33.9 Å². The molecule has 1 heterocycles. The third kappa shape index (κ3) is 2.74. The van der Waals surface area contributed by atoms with Crippen LogP contribution in [-0.2, 0) is 6.54 Å². The number of nitrogens with one attached hydrogen (secondary N) is 1.